The summed E-state index contributed by atoms with van der Waals surface area (Å²) in [6.45, 7) is 4.12. The van der Waals surface area contributed by atoms with Gasteiger partial charge in [-0.15, -0.1) is 0 Å². The molecule has 0 unspecified atom stereocenters. The normalized spacial score (nSPS) is 14.2. The van der Waals surface area contributed by atoms with Crippen molar-refractivity contribution in [3.63, 3.8) is 0 Å². The molecule has 0 fully saturated rings. The Bertz CT molecular complexity index is 742. The van der Waals surface area contributed by atoms with Crippen LogP contribution in [0.2, 0.25) is 5.02 Å². The smallest absolute Gasteiger partial charge is 0.134 e. The molecule has 108 valence electrons. The first kappa shape index (κ1) is 14.0. The van der Waals surface area contributed by atoms with Gasteiger partial charge in [0.05, 0.1) is 11.7 Å². The summed E-state index contributed by atoms with van der Waals surface area (Å²) in [7, 11) is 0. The van der Waals surface area contributed by atoms with Gasteiger partial charge < -0.3 is 4.42 Å². The molecular formula is C16H16ClN3O. The van der Waals surface area contributed by atoms with Crippen LogP contribution in [0.1, 0.15) is 37.4 Å². The average Bonchev–Trinajstić information content (AvgIpc) is 2.91. The fourth-order valence-corrected chi connectivity index (χ4v) is 2.51. The minimum atomic E-state index is 0.0631. The molecular weight excluding hydrogens is 286 g/mol. The Balaban J connectivity index is 1.79. The minimum Gasteiger partial charge on any atom is -0.459 e. The van der Waals surface area contributed by atoms with E-state index in [9.17, 15) is 0 Å². The standard InChI is InChI=1S/C16H16ClN3O/c1-10(14-9-18-5-6-19-14)20-11(2)16-8-12-7-13(17)3-4-15(12)21-16/h3-11,20H,1-2H3/t10-,11+/m1/s1. The molecule has 0 aliphatic carbocycles. The summed E-state index contributed by atoms with van der Waals surface area (Å²) < 4.78 is 5.86. The molecule has 2 atom stereocenters. The van der Waals surface area contributed by atoms with Gasteiger partial charge in [-0.25, -0.2) is 0 Å². The summed E-state index contributed by atoms with van der Waals surface area (Å²) >= 11 is 6.00. The summed E-state index contributed by atoms with van der Waals surface area (Å²) in [4.78, 5) is 8.40. The van der Waals surface area contributed by atoms with Gasteiger partial charge in [0.15, 0.2) is 0 Å². The van der Waals surface area contributed by atoms with E-state index in [1.165, 1.54) is 0 Å². The summed E-state index contributed by atoms with van der Waals surface area (Å²) in [5, 5.41) is 5.18. The number of hydrogen-bond donors (Lipinski definition) is 1. The third-order valence-electron chi connectivity index (χ3n) is 3.45. The van der Waals surface area contributed by atoms with Crippen LogP contribution in [0.3, 0.4) is 0 Å². The maximum Gasteiger partial charge on any atom is 0.134 e. The monoisotopic (exact) mass is 301 g/mol. The Morgan fingerprint density at radius 1 is 1.14 bits per heavy atom. The van der Waals surface area contributed by atoms with Crippen LogP contribution in [0.5, 0.6) is 0 Å². The molecule has 3 aromatic rings. The van der Waals surface area contributed by atoms with E-state index in [-0.39, 0.29) is 12.1 Å². The SMILES string of the molecule is C[C@H](N[C@H](C)c1cnccn1)c1cc2cc(Cl)ccc2o1. The van der Waals surface area contributed by atoms with Gasteiger partial charge in [-0.3, -0.25) is 15.3 Å². The van der Waals surface area contributed by atoms with Gasteiger partial charge in [0.1, 0.15) is 11.3 Å². The van der Waals surface area contributed by atoms with Crippen molar-refractivity contribution in [2.75, 3.05) is 0 Å². The van der Waals surface area contributed by atoms with Crippen LogP contribution in [-0.2, 0) is 0 Å². The molecule has 0 spiro atoms. The lowest BCUT2D eigenvalue weighted by molar-refractivity contribution is 0.413. The van der Waals surface area contributed by atoms with Crippen LogP contribution in [0.25, 0.3) is 11.0 Å². The van der Waals surface area contributed by atoms with E-state index in [2.05, 4.69) is 29.1 Å². The zero-order valence-corrected chi connectivity index (χ0v) is 12.6. The van der Waals surface area contributed by atoms with E-state index in [1.54, 1.807) is 18.6 Å². The molecule has 1 aromatic carbocycles. The molecule has 2 heterocycles. The van der Waals surface area contributed by atoms with Crippen LogP contribution in [0.4, 0.5) is 0 Å². The van der Waals surface area contributed by atoms with E-state index < -0.39 is 0 Å². The number of hydrogen-bond acceptors (Lipinski definition) is 4. The van der Waals surface area contributed by atoms with Gasteiger partial charge in [-0.2, -0.15) is 0 Å². The van der Waals surface area contributed by atoms with Gasteiger partial charge >= 0.3 is 0 Å². The number of nitrogens with zero attached hydrogens (tertiary/aromatic N) is 2. The summed E-state index contributed by atoms with van der Waals surface area (Å²) in [6, 6.07) is 7.79. The van der Waals surface area contributed by atoms with Gasteiger partial charge in [0.2, 0.25) is 0 Å². The zero-order chi connectivity index (χ0) is 14.8. The van der Waals surface area contributed by atoms with Crippen LogP contribution in [-0.4, -0.2) is 9.97 Å². The maximum atomic E-state index is 6.00. The number of fused-ring (bicyclic) bond motifs is 1. The second kappa shape index (κ2) is 5.84. The Morgan fingerprint density at radius 2 is 2.00 bits per heavy atom. The second-order valence-corrected chi connectivity index (χ2v) is 5.51. The lowest BCUT2D eigenvalue weighted by Gasteiger charge is -2.17. The fraction of sp³-hybridized carbons (Fsp3) is 0.250. The highest BCUT2D eigenvalue weighted by Gasteiger charge is 2.16. The van der Waals surface area contributed by atoms with Crippen LogP contribution in [0.15, 0.2) is 47.3 Å². The molecule has 21 heavy (non-hydrogen) atoms. The van der Waals surface area contributed by atoms with E-state index in [1.807, 2.05) is 24.3 Å². The molecule has 0 radical (unpaired) electrons. The van der Waals surface area contributed by atoms with E-state index in [0.717, 1.165) is 22.4 Å². The maximum absolute atomic E-state index is 6.00. The van der Waals surface area contributed by atoms with Crippen LogP contribution in [0, 0.1) is 0 Å². The van der Waals surface area contributed by atoms with E-state index in [4.69, 9.17) is 16.0 Å². The molecule has 5 heteroatoms. The Kier molecular flexibility index (Phi) is 3.90. The fourth-order valence-electron chi connectivity index (χ4n) is 2.32. The van der Waals surface area contributed by atoms with Gasteiger partial charge in [-0.05, 0) is 38.1 Å². The number of halogens is 1. The Hall–Kier alpha value is -1.91. The van der Waals surface area contributed by atoms with E-state index >= 15 is 0 Å². The molecule has 0 saturated heterocycles. The van der Waals surface area contributed by atoms with Crippen LogP contribution < -0.4 is 5.32 Å². The first-order valence-corrected chi connectivity index (χ1v) is 7.22. The lowest BCUT2D eigenvalue weighted by atomic mass is 10.1. The molecule has 1 N–H and O–H groups in total. The summed E-state index contributed by atoms with van der Waals surface area (Å²) in [6.07, 6.45) is 5.13. The van der Waals surface area contributed by atoms with E-state index in [0.29, 0.717) is 5.02 Å². The van der Waals surface area contributed by atoms with Crippen LogP contribution >= 0.6 is 11.6 Å². The Labute approximate surface area is 128 Å². The molecule has 4 nitrogen and oxygen atoms in total. The number of aromatic nitrogens is 2. The summed E-state index contributed by atoms with van der Waals surface area (Å²) in [5.74, 6) is 0.878. The van der Waals surface area contributed by atoms with Crippen molar-refractivity contribution in [1.82, 2.24) is 15.3 Å². The van der Waals surface area contributed by atoms with Crippen molar-refractivity contribution in [1.29, 1.82) is 0 Å². The molecule has 0 amide bonds. The average molecular weight is 302 g/mol. The molecule has 2 aromatic heterocycles. The predicted octanol–water partition coefficient (Wildman–Crippen LogP) is 4.29. The second-order valence-electron chi connectivity index (χ2n) is 5.07. The van der Waals surface area contributed by atoms with Gasteiger partial charge in [-0.1, -0.05) is 11.6 Å². The number of benzene rings is 1. The number of furan rings is 1. The van der Waals surface area contributed by atoms with Gasteiger partial charge in [0.25, 0.3) is 0 Å². The first-order chi connectivity index (χ1) is 10.1. The predicted molar refractivity (Wildman–Crippen MR) is 83.2 cm³/mol. The van der Waals surface area contributed by atoms with Crippen molar-refractivity contribution >= 4 is 22.6 Å². The summed E-state index contributed by atoms with van der Waals surface area (Å²) in [5.41, 5.74) is 1.75. The molecule has 0 bridgehead atoms. The largest absolute Gasteiger partial charge is 0.459 e. The molecule has 0 aliphatic rings. The minimum absolute atomic E-state index is 0.0631. The number of rotatable bonds is 4. The highest BCUT2D eigenvalue weighted by Crippen LogP contribution is 2.27. The lowest BCUT2D eigenvalue weighted by Crippen LogP contribution is -2.22. The zero-order valence-electron chi connectivity index (χ0n) is 11.9. The third kappa shape index (κ3) is 3.06. The number of nitrogens with one attached hydrogen (secondary N) is 1. The Morgan fingerprint density at radius 3 is 2.76 bits per heavy atom. The van der Waals surface area contributed by atoms with Crippen molar-refractivity contribution in [3.05, 3.63) is 59.3 Å². The molecule has 3 rings (SSSR count). The quantitative estimate of drug-likeness (QED) is 0.781. The van der Waals surface area contributed by atoms with Gasteiger partial charge in [0, 0.05) is 35.0 Å². The third-order valence-corrected chi connectivity index (χ3v) is 3.69. The highest BCUT2D eigenvalue weighted by molar-refractivity contribution is 6.31. The van der Waals surface area contributed by atoms with Crippen molar-refractivity contribution < 1.29 is 4.42 Å². The molecule has 0 saturated carbocycles. The first-order valence-electron chi connectivity index (χ1n) is 6.84. The topological polar surface area (TPSA) is 51.0 Å². The van der Waals surface area contributed by atoms with Crippen molar-refractivity contribution in [3.8, 4) is 0 Å². The highest BCUT2D eigenvalue weighted by atomic mass is 35.5. The van der Waals surface area contributed by atoms with Crippen molar-refractivity contribution in [2.24, 2.45) is 0 Å². The van der Waals surface area contributed by atoms with Crippen molar-refractivity contribution in [2.45, 2.75) is 25.9 Å². The molecule has 0 aliphatic heterocycles.